The smallest absolute Gasteiger partial charge is 0.389 e. The number of nitrogens with one attached hydrogen (secondary N) is 1. The fraction of sp³-hybridized carbons (Fsp3) is 0.632. The second-order valence-electron chi connectivity index (χ2n) is 6.78. The number of ether oxygens (including phenoxy) is 1. The van der Waals surface area contributed by atoms with Crippen LogP contribution in [0.25, 0.3) is 0 Å². The van der Waals surface area contributed by atoms with Crippen molar-refractivity contribution in [1.82, 2.24) is 15.1 Å². The molecule has 29 heavy (non-hydrogen) atoms. The molecule has 0 unspecified atom stereocenters. The van der Waals surface area contributed by atoms with E-state index in [1.54, 1.807) is 13.1 Å². The minimum atomic E-state index is -4.09. The Morgan fingerprint density at radius 2 is 1.86 bits per heavy atom. The molecule has 1 aliphatic rings. The third kappa shape index (κ3) is 8.93. The van der Waals surface area contributed by atoms with Gasteiger partial charge in [-0.3, -0.25) is 9.89 Å². The molecule has 2 rings (SSSR count). The molecule has 1 fully saturated rings. The molecule has 0 radical (unpaired) electrons. The van der Waals surface area contributed by atoms with Gasteiger partial charge in [0.05, 0.1) is 7.11 Å². The number of aliphatic imine (C=N–C) groups is 1. The van der Waals surface area contributed by atoms with Crippen LogP contribution in [0.5, 0.6) is 5.75 Å². The van der Waals surface area contributed by atoms with E-state index in [4.69, 9.17) is 4.74 Å². The maximum absolute atomic E-state index is 13.8. The molecule has 1 aromatic carbocycles. The third-order valence-electron chi connectivity index (χ3n) is 4.68. The molecule has 10 heteroatoms. The highest BCUT2D eigenvalue weighted by Crippen LogP contribution is 2.22. The van der Waals surface area contributed by atoms with Gasteiger partial charge in [-0.2, -0.15) is 13.2 Å². The molecule has 0 atom stereocenters. The Kier molecular flexibility index (Phi) is 11.0. The fourth-order valence-electron chi connectivity index (χ4n) is 3.17. The SMILES string of the molecule is CN=C(NCCCCC(F)(F)F)N1CCN(Cc2ccc(OC)c(F)c2)CC1.I. The molecule has 1 saturated heterocycles. The molecule has 0 aliphatic carbocycles. The third-order valence-corrected chi connectivity index (χ3v) is 4.68. The van der Waals surface area contributed by atoms with Crippen LogP contribution in [0.2, 0.25) is 0 Å². The normalized spacial score (nSPS) is 15.8. The molecule has 1 heterocycles. The van der Waals surface area contributed by atoms with Crippen molar-refractivity contribution in [2.24, 2.45) is 4.99 Å². The van der Waals surface area contributed by atoms with Crippen molar-refractivity contribution in [3.8, 4) is 5.75 Å². The Balaban J connectivity index is 0.00000420. The highest BCUT2D eigenvalue weighted by Gasteiger charge is 2.26. The van der Waals surface area contributed by atoms with Gasteiger partial charge in [-0.25, -0.2) is 4.39 Å². The van der Waals surface area contributed by atoms with Crippen LogP contribution in [0.4, 0.5) is 17.6 Å². The lowest BCUT2D eigenvalue weighted by Crippen LogP contribution is -2.52. The predicted octanol–water partition coefficient (Wildman–Crippen LogP) is 3.88. The Labute approximate surface area is 186 Å². The first-order valence-electron chi connectivity index (χ1n) is 9.39. The molecule has 1 aromatic rings. The number of rotatable bonds is 7. The summed E-state index contributed by atoms with van der Waals surface area (Å²) in [6, 6.07) is 4.98. The average molecular weight is 532 g/mol. The highest BCUT2D eigenvalue weighted by molar-refractivity contribution is 14.0. The maximum Gasteiger partial charge on any atom is 0.389 e. The monoisotopic (exact) mass is 532 g/mol. The molecular formula is C19H29F4IN4O. The number of halogens is 5. The van der Waals surface area contributed by atoms with Crippen LogP contribution in [-0.4, -0.2) is 68.8 Å². The maximum atomic E-state index is 13.8. The number of hydrogen-bond acceptors (Lipinski definition) is 3. The average Bonchev–Trinajstić information content (AvgIpc) is 2.65. The van der Waals surface area contributed by atoms with Crippen molar-refractivity contribution >= 4 is 29.9 Å². The quantitative estimate of drug-likeness (QED) is 0.190. The van der Waals surface area contributed by atoms with E-state index < -0.39 is 12.6 Å². The minimum absolute atomic E-state index is 0. The highest BCUT2D eigenvalue weighted by atomic mass is 127. The minimum Gasteiger partial charge on any atom is -0.494 e. The lowest BCUT2D eigenvalue weighted by molar-refractivity contribution is -0.135. The fourth-order valence-corrected chi connectivity index (χ4v) is 3.17. The summed E-state index contributed by atoms with van der Waals surface area (Å²) in [6.07, 6.45) is -4.29. The number of hydrogen-bond donors (Lipinski definition) is 1. The molecule has 5 nitrogen and oxygen atoms in total. The Morgan fingerprint density at radius 3 is 2.41 bits per heavy atom. The van der Waals surface area contributed by atoms with Gasteiger partial charge < -0.3 is 15.0 Å². The largest absolute Gasteiger partial charge is 0.494 e. The van der Waals surface area contributed by atoms with E-state index in [-0.39, 0.29) is 42.0 Å². The number of piperazine rings is 1. The van der Waals surface area contributed by atoms with Crippen LogP contribution >= 0.6 is 24.0 Å². The number of benzene rings is 1. The first-order valence-corrected chi connectivity index (χ1v) is 9.39. The van der Waals surface area contributed by atoms with Crippen molar-refractivity contribution < 1.29 is 22.3 Å². The first kappa shape index (κ1) is 25.7. The summed E-state index contributed by atoms with van der Waals surface area (Å²) in [7, 11) is 3.11. The Morgan fingerprint density at radius 1 is 1.17 bits per heavy atom. The van der Waals surface area contributed by atoms with Gasteiger partial charge in [-0.05, 0) is 30.5 Å². The van der Waals surface area contributed by atoms with Gasteiger partial charge in [0.1, 0.15) is 0 Å². The summed E-state index contributed by atoms with van der Waals surface area (Å²) in [5.74, 6) is 0.578. The summed E-state index contributed by atoms with van der Waals surface area (Å²) >= 11 is 0. The lowest BCUT2D eigenvalue weighted by atomic mass is 10.2. The second kappa shape index (κ2) is 12.4. The molecule has 0 aromatic heterocycles. The van der Waals surface area contributed by atoms with E-state index in [0.717, 1.165) is 31.7 Å². The molecule has 166 valence electrons. The van der Waals surface area contributed by atoms with Crippen molar-refractivity contribution in [2.45, 2.75) is 32.0 Å². The molecule has 0 amide bonds. The lowest BCUT2D eigenvalue weighted by Gasteiger charge is -2.36. The van der Waals surface area contributed by atoms with E-state index in [1.807, 2.05) is 6.07 Å². The van der Waals surface area contributed by atoms with Gasteiger partial charge in [0.2, 0.25) is 0 Å². The molecule has 0 saturated carbocycles. The standard InChI is InChI=1S/C19H28F4N4O.HI/c1-24-18(25-8-4-3-7-19(21,22)23)27-11-9-26(10-12-27)14-15-5-6-17(28-2)16(20)13-15;/h5-6,13H,3-4,7-12,14H2,1-2H3,(H,24,25);1H. The topological polar surface area (TPSA) is 40.1 Å². The Hall–Kier alpha value is -1.30. The van der Waals surface area contributed by atoms with Crippen molar-refractivity contribution in [2.75, 3.05) is 46.9 Å². The van der Waals surface area contributed by atoms with Gasteiger partial charge >= 0.3 is 6.18 Å². The molecule has 0 spiro atoms. The van der Waals surface area contributed by atoms with Gasteiger partial charge in [-0.1, -0.05) is 6.07 Å². The van der Waals surface area contributed by atoms with Crippen LogP contribution in [-0.2, 0) is 6.54 Å². The summed E-state index contributed by atoms with van der Waals surface area (Å²) in [6.45, 7) is 4.21. The van der Waals surface area contributed by atoms with Gasteiger partial charge in [0.15, 0.2) is 17.5 Å². The van der Waals surface area contributed by atoms with Crippen molar-refractivity contribution in [1.29, 1.82) is 0 Å². The predicted molar refractivity (Wildman–Crippen MR) is 116 cm³/mol. The van der Waals surface area contributed by atoms with Crippen LogP contribution in [0, 0.1) is 5.82 Å². The second-order valence-corrected chi connectivity index (χ2v) is 6.78. The first-order chi connectivity index (χ1) is 13.3. The van der Waals surface area contributed by atoms with Crippen LogP contribution in [0.3, 0.4) is 0 Å². The number of alkyl halides is 3. The summed E-state index contributed by atoms with van der Waals surface area (Å²) in [5.41, 5.74) is 0.888. The van der Waals surface area contributed by atoms with E-state index in [1.165, 1.54) is 13.2 Å². The Bertz CT molecular complexity index is 650. The van der Waals surface area contributed by atoms with Gasteiger partial charge in [0.25, 0.3) is 0 Å². The van der Waals surface area contributed by atoms with Crippen molar-refractivity contribution in [3.05, 3.63) is 29.6 Å². The van der Waals surface area contributed by atoms with Crippen LogP contribution in [0.15, 0.2) is 23.2 Å². The summed E-state index contributed by atoms with van der Waals surface area (Å²) < 4.78 is 55.3. The molecule has 1 aliphatic heterocycles. The number of methoxy groups -OCH3 is 1. The number of nitrogens with zero attached hydrogens (tertiary/aromatic N) is 3. The van der Waals surface area contributed by atoms with Crippen molar-refractivity contribution in [3.63, 3.8) is 0 Å². The number of guanidine groups is 1. The molecule has 1 N–H and O–H groups in total. The van der Waals surface area contributed by atoms with Gasteiger partial charge in [-0.15, -0.1) is 24.0 Å². The van der Waals surface area contributed by atoms with E-state index in [9.17, 15) is 17.6 Å². The van der Waals surface area contributed by atoms with Gasteiger partial charge in [0, 0.05) is 52.7 Å². The zero-order valence-electron chi connectivity index (χ0n) is 16.8. The van der Waals surface area contributed by atoms with Crippen LogP contribution < -0.4 is 10.1 Å². The molecular weight excluding hydrogens is 503 g/mol. The summed E-state index contributed by atoms with van der Waals surface area (Å²) in [4.78, 5) is 8.55. The summed E-state index contributed by atoms with van der Waals surface area (Å²) in [5, 5.41) is 3.14. The zero-order chi connectivity index (χ0) is 20.6. The van der Waals surface area contributed by atoms with E-state index in [2.05, 4.69) is 20.1 Å². The van der Waals surface area contributed by atoms with E-state index in [0.29, 0.717) is 25.5 Å². The van der Waals surface area contributed by atoms with E-state index >= 15 is 0 Å². The zero-order valence-corrected chi connectivity index (χ0v) is 19.1. The molecule has 0 bridgehead atoms. The number of unbranched alkanes of at least 4 members (excludes halogenated alkanes) is 1. The van der Waals surface area contributed by atoms with Crippen LogP contribution in [0.1, 0.15) is 24.8 Å².